The topological polar surface area (TPSA) is 69.6 Å². The van der Waals surface area contributed by atoms with Gasteiger partial charge in [-0.3, -0.25) is 0 Å². The molecule has 1 saturated carbocycles. The van der Waals surface area contributed by atoms with Gasteiger partial charge in [0.05, 0.1) is 11.3 Å². The summed E-state index contributed by atoms with van der Waals surface area (Å²) in [5, 5.41) is 11.7. The Morgan fingerprint density at radius 2 is 2.15 bits per heavy atom. The van der Waals surface area contributed by atoms with Crippen LogP contribution in [0.2, 0.25) is 0 Å². The van der Waals surface area contributed by atoms with Gasteiger partial charge >= 0.3 is 12.0 Å². The molecule has 2 N–H and O–H groups in total. The molecule has 0 bridgehead atoms. The number of rotatable bonds is 5. The lowest BCUT2D eigenvalue weighted by Crippen LogP contribution is -2.37. The number of aromatic carboxylic acids is 1. The number of hydrogen-bond donors (Lipinski definition) is 2. The highest BCUT2D eigenvalue weighted by atomic mass is 79.9. The molecule has 1 aliphatic rings. The molecule has 1 aromatic carbocycles. The fourth-order valence-corrected chi connectivity index (χ4v) is 2.49. The lowest BCUT2D eigenvalue weighted by Gasteiger charge is -2.22. The van der Waals surface area contributed by atoms with Crippen LogP contribution in [0.4, 0.5) is 10.5 Å². The van der Waals surface area contributed by atoms with Crippen molar-refractivity contribution in [3.63, 3.8) is 0 Å². The Bertz CT molecular complexity index is 529. The normalized spacial score (nSPS) is 13.9. The van der Waals surface area contributed by atoms with Gasteiger partial charge in [0, 0.05) is 17.1 Å². The van der Waals surface area contributed by atoms with Gasteiger partial charge in [0.2, 0.25) is 0 Å². The van der Waals surface area contributed by atoms with Crippen molar-refractivity contribution in [3.8, 4) is 0 Å². The van der Waals surface area contributed by atoms with Crippen LogP contribution in [-0.4, -0.2) is 34.6 Å². The molecule has 6 heteroatoms. The zero-order valence-corrected chi connectivity index (χ0v) is 12.8. The minimum atomic E-state index is -0.992. The molecule has 0 aliphatic heterocycles. The summed E-state index contributed by atoms with van der Waals surface area (Å²) in [6.45, 7) is 2.78. The van der Waals surface area contributed by atoms with Crippen LogP contribution in [0.5, 0.6) is 0 Å². The minimum absolute atomic E-state index is 0.127. The number of hydrogen-bond acceptors (Lipinski definition) is 2. The van der Waals surface area contributed by atoms with Crippen molar-refractivity contribution in [1.82, 2.24) is 4.90 Å². The molecule has 1 fully saturated rings. The van der Waals surface area contributed by atoms with Gasteiger partial charge in [-0.1, -0.05) is 6.92 Å². The summed E-state index contributed by atoms with van der Waals surface area (Å²) < 4.78 is 0.568. The minimum Gasteiger partial charge on any atom is -0.478 e. The van der Waals surface area contributed by atoms with Crippen LogP contribution in [-0.2, 0) is 0 Å². The Kier molecular flexibility index (Phi) is 4.65. The number of carboxylic acid groups (broad SMARTS) is 1. The van der Waals surface area contributed by atoms with Crippen molar-refractivity contribution < 1.29 is 14.7 Å². The fraction of sp³-hybridized carbons (Fsp3) is 0.429. The fourth-order valence-electron chi connectivity index (χ4n) is 2.01. The summed E-state index contributed by atoms with van der Waals surface area (Å²) in [5.41, 5.74) is 0.768. The van der Waals surface area contributed by atoms with E-state index in [4.69, 9.17) is 5.11 Å². The second kappa shape index (κ2) is 6.26. The maximum Gasteiger partial charge on any atom is 0.335 e. The maximum atomic E-state index is 12.2. The molecule has 20 heavy (non-hydrogen) atoms. The number of urea groups is 1. The number of halogens is 1. The third kappa shape index (κ3) is 3.50. The van der Waals surface area contributed by atoms with E-state index in [9.17, 15) is 9.59 Å². The van der Waals surface area contributed by atoms with Crippen molar-refractivity contribution in [2.45, 2.75) is 32.2 Å². The summed E-state index contributed by atoms with van der Waals surface area (Å²) in [7, 11) is 0. The van der Waals surface area contributed by atoms with Crippen LogP contribution in [0.3, 0.4) is 0 Å². The van der Waals surface area contributed by atoms with E-state index in [2.05, 4.69) is 21.2 Å². The molecule has 0 spiro atoms. The summed E-state index contributed by atoms with van der Waals surface area (Å²) in [6.07, 6.45) is 3.04. The Labute approximate surface area is 126 Å². The van der Waals surface area contributed by atoms with Gasteiger partial charge in [0.25, 0.3) is 0 Å². The Hall–Kier alpha value is -1.56. The van der Waals surface area contributed by atoms with Crippen LogP contribution >= 0.6 is 15.9 Å². The van der Waals surface area contributed by atoms with Gasteiger partial charge in [0.15, 0.2) is 0 Å². The molecule has 0 aromatic heterocycles. The van der Waals surface area contributed by atoms with E-state index in [1.165, 1.54) is 12.1 Å². The molecular weight excluding hydrogens is 324 g/mol. The monoisotopic (exact) mass is 340 g/mol. The first-order valence-electron chi connectivity index (χ1n) is 6.63. The number of carboxylic acids is 1. The molecule has 0 saturated heterocycles. The van der Waals surface area contributed by atoms with Crippen molar-refractivity contribution in [1.29, 1.82) is 0 Å². The number of amides is 2. The number of carbonyl (C=O) groups excluding carboxylic acids is 1. The van der Waals surface area contributed by atoms with Crippen molar-refractivity contribution >= 4 is 33.6 Å². The maximum absolute atomic E-state index is 12.2. The molecule has 0 unspecified atom stereocenters. The number of anilines is 1. The third-order valence-electron chi connectivity index (χ3n) is 3.17. The smallest absolute Gasteiger partial charge is 0.335 e. The first-order chi connectivity index (χ1) is 9.52. The zero-order valence-electron chi connectivity index (χ0n) is 11.2. The molecule has 0 heterocycles. The molecule has 5 nitrogen and oxygen atoms in total. The second-order valence-electron chi connectivity index (χ2n) is 4.85. The van der Waals surface area contributed by atoms with Gasteiger partial charge in [-0.2, -0.15) is 0 Å². The van der Waals surface area contributed by atoms with E-state index < -0.39 is 5.97 Å². The predicted molar refractivity (Wildman–Crippen MR) is 80.1 cm³/mol. The molecule has 108 valence electrons. The SMILES string of the molecule is CCCN(C(=O)Nc1ccc(C(=O)O)cc1Br)C1CC1. The standard InChI is InChI=1S/C14H17BrN2O3/c1-2-7-17(10-4-5-10)14(20)16-12-6-3-9(13(18)19)8-11(12)15/h3,6,8,10H,2,4-5,7H2,1H3,(H,16,20)(H,18,19). The van der Waals surface area contributed by atoms with Gasteiger partial charge in [-0.25, -0.2) is 9.59 Å². The Balaban J connectivity index is 2.08. The first-order valence-corrected chi connectivity index (χ1v) is 7.42. The van der Waals surface area contributed by atoms with Crippen LogP contribution in [0, 0.1) is 0 Å². The number of nitrogens with zero attached hydrogens (tertiary/aromatic N) is 1. The van der Waals surface area contributed by atoms with Gasteiger partial charge in [0.1, 0.15) is 0 Å². The van der Waals surface area contributed by atoms with Crippen molar-refractivity contribution in [3.05, 3.63) is 28.2 Å². The van der Waals surface area contributed by atoms with E-state index in [1.807, 2.05) is 11.8 Å². The average molecular weight is 341 g/mol. The Morgan fingerprint density at radius 1 is 1.45 bits per heavy atom. The van der Waals surface area contributed by atoms with E-state index >= 15 is 0 Å². The van der Waals surface area contributed by atoms with E-state index in [-0.39, 0.29) is 11.6 Å². The predicted octanol–water partition coefficient (Wildman–Crippen LogP) is 3.55. The van der Waals surface area contributed by atoms with Crippen molar-refractivity contribution in [2.24, 2.45) is 0 Å². The molecule has 2 amide bonds. The van der Waals surface area contributed by atoms with Crippen molar-refractivity contribution in [2.75, 3.05) is 11.9 Å². The third-order valence-corrected chi connectivity index (χ3v) is 3.83. The molecular formula is C14H17BrN2O3. The highest BCUT2D eigenvalue weighted by Gasteiger charge is 2.32. The molecule has 1 aromatic rings. The summed E-state index contributed by atoms with van der Waals surface area (Å²) in [4.78, 5) is 24.9. The highest BCUT2D eigenvalue weighted by Crippen LogP contribution is 2.29. The largest absolute Gasteiger partial charge is 0.478 e. The van der Waals surface area contributed by atoms with E-state index in [0.717, 1.165) is 25.8 Å². The van der Waals surface area contributed by atoms with E-state index in [0.29, 0.717) is 16.2 Å². The molecule has 0 radical (unpaired) electrons. The highest BCUT2D eigenvalue weighted by molar-refractivity contribution is 9.10. The summed E-state index contributed by atoms with van der Waals surface area (Å²) >= 11 is 3.29. The van der Waals surface area contributed by atoms with Crippen LogP contribution in [0.25, 0.3) is 0 Å². The molecule has 0 atom stereocenters. The Morgan fingerprint density at radius 3 is 2.65 bits per heavy atom. The molecule has 2 rings (SSSR count). The lowest BCUT2D eigenvalue weighted by molar-refractivity contribution is 0.0697. The summed E-state index contributed by atoms with van der Waals surface area (Å²) in [6, 6.07) is 4.79. The van der Waals surface area contributed by atoms with E-state index in [1.54, 1.807) is 6.07 Å². The van der Waals surface area contributed by atoms with Gasteiger partial charge in [-0.05, 0) is 53.4 Å². The number of nitrogens with one attached hydrogen (secondary N) is 1. The second-order valence-corrected chi connectivity index (χ2v) is 5.71. The number of carbonyl (C=O) groups is 2. The lowest BCUT2D eigenvalue weighted by atomic mass is 10.2. The zero-order chi connectivity index (χ0) is 14.7. The quantitative estimate of drug-likeness (QED) is 0.860. The first kappa shape index (κ1) is 14.8. The van der Waals surface area contributed by atoms with Crippen LogP contribution in [0.1, 0.15) is 36.5 Å². The average Bonchev–Trinajstić information content (AvgIpc) is 3.22. The van der Waals surface area contributed by atoms with Gasteiger partial charge in [-0.15, -0.1) is 0 Å². The van der Waals surface area contributed by atoms with Gasteiger partial charge < -0.3 is 15.3 Å². The van der Waals surface area contributed by atoms with Crippen LogP contribution < -0.4 is 5.32 Å². The van der Waals surface area contributed by atoms with Crippen LogP contribution in [0.15, 0.2) is 22.7 Å². The number of benzene rings is 1. The summed E-state index contributed by atoms with van der Waals surface area (Å²) in [5.74, 6) is -0.992. The molecule has 1 aliphatic carbocycles.